The summed E-state index contributed by atoms with van der Waals surface area (Å²) in [7, 11) is -3.72. The summed E-state index contributed by atoms with van der Waals surface area (Å²) in [5.41, 5.74) is 1.24. The van der Waals surface area contributed by atoms with Crippen LogP contribution in [0.15, 0.2) is 71.9 Å². The lowest BCUT2D eigenvalue weighted by Gasteiger charge is -2.26. The number of nitrogens with zero attached hydrogens (tertiary/aromatic N) is 2. The lowest BCUT2D eigenvalue weighted by molar-refractivity contribution is -0.0796. The molecule has 7 nitrogen and oxygen atoms in total. The van der Waals surface area contributed by atoms with Gasteiger partial charge in [0, 0.05) is 5.69 Å². The molecule has 0 unspecified atom stereocenters. The van der Waals surface area contributed by atoms with E-state index >= 15 is 0 Å². The monoisotopic (exact) mass is 371 g/mol. The Hall–Kier alpha value is -2.84. The number of hydrogen-bond donors (Lipinski definition) is 1. The first kappa shape index (κ1) is 16.6. The smallest absolute Gasteiger partial charge is 0.265 e. The highest BCUT2D eigenvalue weighted by atomic mass is 32.2. The molecule has 0 radical (unpaired) electrons. The molecule has 3 aromatic rings. The minimum absolute atomic E-state index is 0.0707. The van der Waals surface area contributed by atoms with Gasteiger partial charge in [0.15, 0.2) is 0 Å². The molecule has 1 aliphatic heterocycles. The van der Waals surface area contributed by atoms with Crippen molar-refractivity contribution in [1.29, 1.82) is 0 Å². The maximum atomic E-state index is 12.6. The van der Waals surface area contributed by atoms with Crippen LogP contribution in [-0.2, 0) is 14.8 Å². The minimum atomic E-state index is -3.72. The molecule has 4 rings (SSSR count). The summed E-state index contributed by atoms with van der Waals surface area (Å²) in [5.74, 6) is 0.679. The maximum Gasteiger partial charge on any atom is 0.265 e. The lowest BCUT2D eigenvalue weighted by Crippen LogP contribution is -2.38. The van der Waals surface area contributed by atoms with E-state index in [2.05, 4.69) is 9.82 Å². The first-order valence-electron chi connectivity index (χ1n) is 8.07. The second-order valence-corrected chi connectivity index (χ2v) is 7.55. The van der Waals surface area contributed by atoms with Gasteiger partial charge in [-0.15, -0.1) is 0 Å². The molecule has 2 heterocycles. The topological polar surface area (TPSA) is 82.5 Å². The summed E-state index contributed by atoms with van der Waals surface area (Å²) in [6.45, 7) is 1.17. The first-order valence-corrected chi connectivity index (χ1v) is 9.56. The molecule has 1 aliphatic rings. The Balaban J connectivity index is 1.47. The number of nitrogens with one attached hydrogen (secondary N) is 1. The molecule has 0 bridgehead atoms. The Labute approximate surface area is 151 Å². The van der Waals surface area contributed by atoms with Crippen LogP contribution in [0, 0.1) is 0 Å². The van der Waals surface area contributed by atoms with Gasteiger partial charge in [0.05, 0.1) is 31.3 Å². The molecule has 1 N–H and O–H groups in total. The molecule has 0 amide bonds. The second kappa shape index (κ2) is 6.81. The molecule has 26 heavy (non-hydrogen) atoms. The van der Waals surface area contributed by atoms with Crippen LogP contribution < -0.4 is 9.46 Å². The van der Waals surface area contributed by atoms with Crippen LogP contribution >= 0.6 is 0 Å². The lowest BCUT2D eigenvalue weighted by atomic mass is 10.3. The van der Waals surface area contributed by atoms with Crippen molar-refractivity contribution in [2.24, 2.45) is 0 Å². The van der Waals surface area contributed by atoms with Crippen LogP contribution in [0.1, 0.15) is 0 Å². The minimum Gasteiger partial charge on any atom is -0.486 e. The molecule has 1 aromatic heterocycles. The van der Waals surface area contributed by atoms with Gasteiger partial charge in [0.25, 0.3) is 10.0 Å². The van der Waals surface area contributed by atoms with E-state index in [1.807, 2.05) is 30.3 Å². The van der Waals surface area contributed by atoms with Crippen molar-refractivity contribution >= 4 is 15.7 Å². The van der Waals surface area contributed by atoms with Gasteiger partial charge in [-0.1, -0.05) is 18.2 Å². The molecule has 8 heteroatoms. The summed E-state index contributed by atoms with van der Waals surface area (Å²) in [4.78, 5) is 0.0910. The van der Waals surface area contributed by atoms with Crippen LogP contribution in [0.3, 0.4) is 0 Å². The first-order chi connectivity index (χ1) is 12.6. The van der Waals surface area contributed by atoms with Crippen molar-refractivity contribution in [2.75, 3.05) is 17.9 Å². The van der Waals surface area contributed by atoms with E-state index < -0.39 is 10.0 Å². The highest BCUT2D eigenvalue weighted by molar-refractivity contribution is 7.92. The van der Waals surface area contributed by atoms with Crippen molar-refractivity contribution in [3.8, 4) is 11.4 Å². The van der Waals surface area contributed by atoms with Crippen LogP contribution in [0.25, 0.3) is 5.69 Å². The quantitative estimate of drug-likeness (QED) is 0.720. The Kier molecular flexibility index (Phi) is 4.36. The van der Waals surface area contributed by atoms with Gasteiger partial charge in [-0.25, -0.2) is 13.1 Å². The molecule has 134 valence electrons. The van der Waals surface area contributed by atoms with Crippen molar-refractivity contribution < 1.29 is 17.9 Å². The fourth-order valence-corrected chi connectivity index (χ4v) is 3.45. The number of para-hydroxylation sites is 1. The third kappa shape index (κ3) is 3.56. The average Bonchev–Trinajstić information content (AvgIpc) is 3.11. The second-order valence-electron chi connectivity index (χ2n) is 5.86. The highest BCUT2D eigenvalue weighted by Gasteiger charge is 2.20. The number of sulfonamides is 1. The van der Waals surface area contributed by atoms with Crippen molar-refractivity contribution in [3.63, 3.8) is 0 Å². The number of hydrogen-bond acceptors (Lipinski definition) is 5. The largest absolute Gasteiger partial charge is 0.486 e. The standard InChI is InChI=1S/C18H17N3O4S/c22-26(23,18-10-19-21(11-18)15-4-2-1-3-5-15)20-14-6-8-16(9-7-14)25-17-12-24-13-17/h1-11,17,20H,12-13H2. The molecule has 1 saturated heterocycles. The number of benzene rings is 2. The van der Waals surface area contributed by atoms with E-state index in [1.165, 1.54) is 17.1 Å². The Morgan fingerprint density at radius 2 is 1.81 bits per heavy atom. The molecule has 2 aromatic carbocycles. The molecule has 1 fully saturated rings. The predicted octanol–water partition coefficient (Wildman–Crippen LogP) is 2.45. The SMILES string of the molecule is O=S(=O)(Nc1ccc(OC2COC2)cc1)c1cnn(-c2ccccc2)c1. The van der Waals surface area contributed by atoms with E-state index in [4.69, 9.17) is 9.47 Å². The molecule has 0 atom stereocenters. The zero-order valence-corrected chi connectivity index (χ0v) is 14.6. The average molecular weight is 371 g/mol. The van der Waals surface area contributed by atoms with Crippen molar-refractivity contribution in [1.82, 2.24) is 9.78 Å². The summed E-state index contributed by atoms with van der Waals surface area (Å²) in [5, 5.41) is 4.12. The summed E-state index contributed by atoms with van der Waals surface area (Å²) < 4.78 is 39.9. The van der Waals surface area contributed by atoms with E-state index in [0.717, 1.165) is 5.69 Å². The van der Waals surface area contributed by atoms with Gasteiger partial charge in [-0.3, -0.25) is 4.72 Å². The number of rotatable bonds is 6. The zero-order valence-electron chi connectivity index (χ0n) is 13.8. The van der Waals surface area contributed by atoms with Gasteiger partial charge >= 0.3 is 0 Å². The van der Waals surface area contributed by atoms with Crippen LogP contribution in [0.2, 0.25) is 0 Å². The molecule has 0 spiro atoms. The normalized spacial score (nSPS) is 14.6. The molecular formula is C18H17N3O4S. The fraction of sp³-hybridized carbons (Fsp3) is 0.167. The van der Waals surface area contributed by atoms with E-state index in [9.17, 15) is 8.42 Å². The summed E-state index contributed by atoms with van der Waals surface area (Å²) in [6, 6.07) is 16.1. The van der Waals surface area contributed by atoms with Crippen molar-refractivity contribution in [2.45, 2.75) is 11.0 Å². The Morgan fingerprint density at radius 1 is 1.08 bits per heavy atom. The maximum absolute atomic E-state index is 12.6. The molecule has 0 saturated carbocycles. The number of anilines is 1. The van der Waals surface area contributed by atoms with Crippen molar-refractivity contribution in [3.05, 3.63) is 67.0 Å². The van der Waals surface area contributed by atoms with Gasteiger partial charge in [0.1, 0.15) is 16.7 Å². The Morgan fingerprint density at radius 3 is 2.46 bits per heavy atom. The fourth-order valence-electron chi connectivity index (χ4n) is 2.46. The summed E-state index contributed by atoms with van der Waals surface area (Å²) in [6.07, 6.45) is 2.87. The van der Waals surface area contributed by atoms with Gasteiger partial charge in [-0.05, 0) is 36.4 Å². The summed E-state index contributed by atoms with van der Waals surface area (Å²) >= 11 is 0. The van der Waals surface area contributed by atoms with E-state index in [0.29, 0.717) is 24.7 Å². The van der Waals surface area contributed by atoms with Gasteiger partial charge < -0.3 is 9.47 Å². The zero-order chi connectivity index (χ0) is 18.0. The molecular weight excluding hydrogens is 354 g/mol. The van der Waals surface area contributed by atoms with Gasteiger partial charge in [-0.2, -0.15) is 5.10 Å². The van der Waals surface area contributed by atoms with Crippen LogP contribution in [0.4, 0.5) is 5.69 Å². The Bertz CT molecular complexity index is 981. The van der Waals surface area contributed by atoms with E-state index in [1.54, 1.807) is 24.3 Å². The number of aromatic nitrogens is 2. The number of ether oxygens (including phenoxy) is 2. The van der Waals surface area contributed by atoms with E-state index in [-0.39, 0.29) is 11.0 Å². The predicted molar refractivity (Wildman–Crippen MR) is 96.0 cm³/mol. The van der Waals surface area contributed by atoms with Crippen LogP contribution in [-0.4, -0.2) is 37.5 Å². The third-order valence-electron chi connectivity index (χ3n) is 3.91. The van der Waals surface area contributed by atoms with Gasteiger partial charge in [0.2, 0.25) is 0 Å². The molecule has 0 aliphatic carbocycles. The van der Waals surface area contributed by atoms with Crippen LogP contribution in [0.5, 0.6) is 5.75 Å². The highest BCUT2D eigenvalue weighted by Crippen LogP contribution is 2.21. The third-order valence-corrected chi connectivity index (χ3v) is 5.24.